The van der Waals surface area contributed by atoms with Gasteiger partial charge in [-0.05, 0) is 18.6 Å². The molecule has 7 heteroatoms. The molecule has 0 heterocycles. The van der Waals surface area contributed by atoms with E-state index in [1.165, 1.54) is 12.1 Å². The molecule has 2 atom stereocenters. The number of carboxylic acid groups (broad SMARTS) is 1. The van der Waals surface area contributed by atoms with Crippen molar-refractivity contribution in [3.8, 4) is 0 Å². The van der Waals surface area contributed by atoms with E-state index in [1.807, 2.05) is 0 Å². The van der Waals surface area contributed by atoms with E-state index in [4.69, 9.17) is 39.9 Å². The van der Waals surface area contributed by atoms with Crippen LogP contribution in [0.2, 0.25) is 15.1 Å². The molecule has 4 nitrogen and oxygen atoms in total. The van der Waals surface area contributed by atoms with Crippen LogP contribution in [0.4, 0.5) is 5.69 Å². The second kappa shape index (κ2) is 4.96. The number of anilines is 1. The molecule has 0 spiro atoms. The van der Waals surface area contributed by atoms with Gasteiger partial charge in [0.2, 0.25) is 5.91 Å². The summed E-state index contributed by atoms with van der Waals surface area (Å²) >= 11 is 17.5. The molecule has 2 rings (SSSR count). The molecule has 1 amide bonds. The van der Waals surface area contributed by atoms with E-state index < -0.39 is 23.7 Å². The van der Waals surface area contributed by atoms with Crippen molar-refractivity contribution in [2.24, 2.45) is 11.8 Å². The summed E-state index contributed by atoms with van der Waals surface area (Å²) in [6.07, 6.45) is 0.337. The maximum atomic E-state index is 11.8. The van der Waals surface area contributed by atoms with Crippen LogP contribution in [0.15, 0.2) is 12.1 Å². The van der Waals surface area contributed by atoms with Crippen molar-refractivity contribution in [1.82, 2.24) is 0 Å². The Hall–Kier alpha value is -0.970. The minimum atomic E-state index is -0.969. The second-order valence-electron chi connectivity index (χ2n) is 4.02. The van der Waals surface area contributed by atoms with E-state index in [0.717, 1.165) is 0 Å². The fourth-order valence-corrected chi connectivity index (χ4v) is 2.55. The summed E-state index contributed by atoms with van der Waals surface area (Å²) in [5.74, 6) is -2.50. The van der Waals surface area contributed by atoms with Gasteiger partial charge in [0.25, 0.3) is 0 Å². The van der Waals surface area contributed by atoms with Crippen LogP contribution in [0.25, 0.3) is 0 Å². The van der Waals surface area contributed by atoms with Gasteiger partial charge in [0.15, 0.2) is 0 Å². The van der Waals surface area contributed by atoms with Crippen molar-refractivity contribution in [2.75, 3.05) is 5.32 Å². The Kier molecular flexibility index (Phi) is 3.71. The Bertz CT molecular complexity index is 509. The number of carbonyl (C=O) groups is 2. The van der Waals surface area contributed by atoms with Gasteiger partial charge in [0.05, 0.1) is 27.6 Å². The first-order chi connectivity index (χ1) is 8.40. The van der Waals surface area contributed by atoms with Crippen LogP contribution in [0.5, 0.6) is 0 Å². The first kappa shape index (κ1) is 13.5. The molecule has 1 saturated carbocycles. The largest absolute Gasteiger partial charge is 0.481 e. The van der Waals surface area contributed by atoms with Gasteiger partial charge in [-0.3, -0.25) is 9.59 Å². The summed E-state index contributed by atoms with van der Waals surface area (Å²) in [5, 5.41) is 12.1. The molecular formula is C11H8Cl3NO3. The lowest BCUT2D eigenvalue weighted by Crippen LogP contribution is -2.17. The predicted molar refractivity (Wildman–Crippen MR) is 69.3 cm³/mol. The van der Waals surface area contributed by atoms with Gasteiger partial charge in [-0.1, -0.05) is 34.8 Å². The van der Waals surface area contributed by atoms with Crippen molar-refractivity contribution in [3.05, 3.63) is 27.2 Å². The zero-order valence-corrected chi connectivity index (χ0v) is 11.2. The molecule has 0 saturated heterocycles. The monoisotopic (exact) mass is 307 g/mol. The van der Waals surface area contributed by atoms with Crippen molar-refractivity contribution in [1.29, 1.82) is 0 Å². The van der Waals surface area contributed by atoms with Gasteiger partial charge >= 0.3 is 5.97 Å². The number of benzene rings is 1. The number of halogens is 3. The van der Waals surface area contributed by atoms with E-state index in [2.05, 4.69) is 5.32 Å². The highest BCUT2D eigenvalue weighted by Crippen LogP contribution is 2.41. The van der Waals surface area contributed by atoms with Gasteiger partial charge in [-0.2, -0.15) is 0 Å². The normalized spacial score (nSPS) is 21.5. The molecule has 1 aliphatic carbocycles. The molecule has 0 unspecified atom stereocenters. The number of amides is 1. The lowest BCUT2D eigenvalue weighted by atomic mass is 10.2. The first-order valence-electron chi connectivity index (χ1n) is 5.08. The minimum Gasteiger partial charge on any atom is -0.481 e. The van der Waals surface area contributed by atoms with Gasteiger partial charge < -0.3 is 10.4 Å². The smallest absolute Gasteiger partial charge is 0.307 e. The van der Waals surface area contributed by atoms with E-state index in [-0.39, 0.29) is 15.7 Å². The Morgan fingerprint density at radius 3 is 2.17 bits per heavy atom. The number of aliphatic carboxylic acids is 1. The third-order valence-corrected chi connectivity index (χ3v) is 3.51. The third kappa shape index (κ3) is 2.71. The molecule has 0 radical (unpaired) electrons. The molecular weight excluding hydrogens is 300 g/mol. The highest BCUT2D eigenvalue weighted by atomic mass is 35.5. The number of carboxylic acids is 1. The van der Waals surface area contributed by atoms with Crippen LogP contribution in [-0.2, 0) is 9.59 Å². The molecule has 1 fully saturated rings. The first-order valence-corrected chi connectivity index (χ1v) is 6.21. The lowest BCUT2D eigenvalue weighted by Gasteiger charge is -2.09. The maximum Gasteiger partial charge on any atom is 0.307 e. The molecule has 0 bridgehead atoms. The third-order valence-electron chi connectivity index (χ3n) is 2.70. The molecule has 0 aliphatic heterocycles. The number of rotatable bonds is 3. The van der Waals surface area contributed by atoms with E-state index >= 15 is 0 Å². The van der Waals surface area contributed by atoms with E-state index in [9.17, 15) is 9.59 Å². The molecule has 1 aromatic carbocycles. The SMILES string of the molecule is O=C(O)[C@H]1C[C@H]1C(=O)Nc1c(Cl)cc(Cl)cc1Cl. The van der Waals surface area contributed by atoms with Crippen molar-refractivity contribution < 1.29 is 14.7 Å². The number of carbonyl (C=O) groups excluding carboxylic acids is 1. The summed E-state index contributed by atoms with van der Waals surface area (Å²) < 4.78 is 0. The number of hydrogen-bond acceptors (Lipinski definition) is 2. The predicted octanol–water partition coefficient (Wildman–Crippen LogP) is 3.31. The van der Waals surface area contributed by atoms with Crippen LogP contribution in [0.3, 0.4) is 0 Å². The lowest BCUT2D eigenvalue weighted by molar-refractivity contribution is -0.139. The fraction of sp³-hybridized carbons (Fsp3) is 0.273. The molecule has 1 aliphatic rings. The Morgan fingerprint density at radius 2 is 1.72 bits per heavy atom. The Balaban J connectivity index is 2.11. The van der Waals surface area contributed by atoms with Gasteiger partial charge in [0.1, 0.15) is 0 Å². The zero-order valence-electron chi connectivity index (χ0n) is 8.91. The standard InChI is InChI=1S/C11H8Cl3NO3/c12-4-1-7(13)9(8(14)2-4)15-10(16)5-3-6(5)11(17)18/h1-2,5-6H,3H2,(H,15,16)(H,17,18)/t5-,6+/m1/s1. The van der Waals surface area contributed by atoms with Crippen LogP contribution < -0.4 is 5.32 Å². The van der Waals surface area contributed by atoms with Crippen LogP contribution >= 0.6 is 34.8 Å². The summed E-state index contributed by atoms with van der Waals surface area (Å²) in [4.78, 5) is 22.4. The Morgan fingerprint density at radius 1 is 1.17 bits per heavy atom. The molecule has 96 valence electrons. The number of hydrogen-bond donors (Lipinski definition) is 2. The average Bonchev–Trinajstić information content (AvgIpc) is 3.02. The Labute approximate surface area is 118 Å². The molecule has 2 N–H and O–H groups in total. The summed E-state index contributed by atoms with van der Waals surface area (Å²) in [5.41, 5.74) is 0.253. The summed E-state index contributed by atoms with van der Waals surface area (Å²) in [6.45, 7) is 0. The second-order valence-corrected chi connectivity index (χ2v) is 5.27. The van der Waals surface area contributed by atoms with Crippen LogP contribution in [0.1, 0.15) is 6.42 Å². The molecule has 1 aromatic rings. The molecule has 0 aromatic heterocycles. The zero-order chi connectivity index (χ0) is 13.4. The van der Waals surface area contributed by atoms with Gasteiger partial charge in [-0.15, -0.1) is 0 Å². The van der Waals surface area contributed by atoms with Gasteiger partial charge in [-0.25, -0.2) is 0 Å². The van der Waals surface area contributed by atoms with Crippen molar-refractivity contribution in [2.45, 2.75) is 6.42 Å². The van der Waals surface area contributed by atoms with Crippen LogP contribution in [-0.4, -0.2) is 17.0 Å². The van der Waals surface area contributed by atoms with Crippen molar-refractivity contribution in [3.63, 3.8) is 0 Å². The highest BCUT2D eigenvalue weighted by molar-refractivity contribution is 6.42. The quantitative estimate of drug-likeness (QED) is 0.900. The molecule has 18 heavy (non-hydrogen) atoms. The fourth-order valence-electron chi connectivity index (χ4n) is 1.64. The topological polar surface area (TPSA) is 66.4 Å². The number of nitrogens with one attached hydrogen (secondary N) is 1. The summed E-state index contributed by atoms with van der Waals surface area (Å²) in [6, 6.07) is 2.90. The van der Waals surface area contributed by atoms with E-state index in [1.54, 1.807) is 0 Å². The summed E-state index contributed by atoms with van der Waals surface area (Å²) in [7, 11) is 0. The van der Waals surface area contributed by atoms with Crippen LogP contribution in [0, 0.1) is 11.8 Å². The highest BCUT2D eigenvalue weighted by Gasteiger charge is 2.48. The van der Waals surface area contributed by atoms with Gasteiger partial charge in [0, 0.05) is 5.02 Å². The van der Waals surface area contributed by atoms with E-state index in [0.29, 0.717) is 11.4 Å². The minimum absolute atomic E-state index is 0.216. The maximum absolute atomic E-state index is 11.8. The average molecular weight is 309 g/mol. The van der Waals surface area contributed by atoms with Crippen molar-refractivity contribution >= 4 is 52.4 Å².